The Bertz CT molecular complexity index is 333. The Morgan fingerprint density at radius 2 is 2.00 bits per heavy atom. The van der Waals surface area contributed by atoms with Crippen LogP contribution < -0.4 is 0 Å². The van der Waals surface area contributed by atoms with Crippen LogP contribution in [0.4, 0.5) is 0 Å². The van der Waals surface area contributed by atoms with E-state index in [0.29, 0.717) is 27.4 Å². The van der Waals surface area contributed by atoms with Crippen molar-refractivity contribution in [1.29, 1.82) is 0 Å². The van der Waals surface area contributed by atoms with Crippen LogP contribution in [0.25, 0.3) is 0 Å². The molecule has 2 N–H and O–H groups in total. The summed E-state index contributed by atoms with van der Waals surface area (Å²) >= 11 is 14.5. The first-order chi connectivity index (χ1) is 7.06. The number of rotatable bonds is 4. The number of benzene rings is 1. The molecule has 15 heavy (non-hydrogen) atoms. The van der Waals surface area contributed by atoms with Crippen LogP contribution in [0.3, 0.4) is 0 Å². The molecule has 0 bridgehead atoms. The fourth-order valence-corrected chi connectivity index (χ4v) is 2.36. The molecule has 1 aromatic rings. The van der Waals surface area contributed by atoms with E-state index in [2.05, 4.69) is 15.9 Å². The number of halogens is 3. The van der Waals surface area contributed by atoms with Crippen LogP contribution in [0.15, 0.2) is 22.7 Å². The van der Waals surface area contributed by atoms with Crippen LogP contribution in [0.1, 0.15) is 18.1 Å². The predicted octanol–water partition coefficient (Wildman–Crippen LogP) is 3.13. The molecule has 0 radical (unpaired) electrons. The van der Waals surface area contributed by atoms with Gasteiger partial charge in [0.25, 0.3) is 0 Å². The first kappa shape index (κ1) is 13.3. The highest BCUT2D eigenvalue weighted by molar-refractivity contribution is 9.10. The lowest BCUT2D eigenvalue weighted by Crippen LogP contribution is -2.19. The molecule has 0 aliphatic carbocycles. The Labute approximate surface area is 107 Å². The molecule has 0 aliphatic rings. The Morgan fingerprint density at radius 1 is 1.33 bits per heavy atom. The largest absolute Gasteiger partial charge is 0.390 e. The topological polar surface area (TPSA) is 40.5 Å². The van der Waals surface area contributed by atoms with Gasteiger partial charge in [-0.05, 0) is 24.1 Å². The Balaban J connectivity index is 2.86. The summed E-state index contributed by atoms with van der Waals surface area (Å²) in [7, 11) is 0. The fraction of sp³-hybridized carbons (Fsp3) is 0.400. The SMILES string of the molecule is OC(CCCl)C(O)c1ccc(Cl)cc1Br. The average molecular weight is 314 g/mol. The molecule has 0 saturated heterocycles. The van der Waals surface area contributed by atoms with Crippen molar-refractivity contribution in [2.75, 3.05) is 5.88 Å². The van der Waals surface area contributed by atoms with Crippen molar-refractivity contribution in [2.24, 2.45) is 0 Å². The zero-order chi connectivity index (χ0) is 11.4. The van der Waals surface area contributed by atoms with Gasteiger partial charge in [-0.25, -0.2) is 0 Å². The predicted molar refractivity (Wildman–Crippen MR) is 65.5 cm³/mol. The van der Waals surface area contributed by atoms with Gasteiger partial charge in [0.15, 0.2) is 0 Å². The van der Waals surface area contributed by atoms with E-state index in [9.17, 15) is 10.2 Å². The minimum absolute atomic E-state index is 0.309. The number of hydrogen-bond acceptors (Lipinski definition) is 2. The van der Waals surface area contributed by atoms with E-state index in [1.165, 1.54) is 0 Å². The van der Waals surface area contributed by atoms with Crippen LogP contribution in [0, 0.1) is 0 Å². The van der Waals surface area contributed by atoms with Crippen molar-refractivity contribution in [2.45, 2.75) is 18.6 Å². The van der Waals surface area contributed by atoms with Gasteiger partial charge in [-0.1, -0.05) is 33.6 Å². The second-order valence-corrected chi connectivity index (χ2v) is 4.82. The monoisotopic (exact) mass is 312 g/mol. The molecule has 2 nitrogen and oxygen atoms in total. The molecule has 5 heteroatoms. The van der Waals surface area contributed by atoms with Gasteiger partial charge < -0.3 is 10.2 Å². The summed E-state index contributed by atoms with van der Waals surface area (Å²) in [5, 5.41) is 20.0. The van der Waals surface area contributed by atoms with Gasteiger partial charge in [-0.3, -0.25) is 0 Å². The second kappa shape index (κ2) is 6.06. The maximum Gasteiger partial charge on any atom is 0.106 e. The van der Waals surface area contributed by atoms with Gasteiger partial charge in [0.2, 0.25) is 0 Å². The summed E-state index contributed by atoms with van der Waals surface area (Å²) < 4.78 is 0.677. The van der Waals surface area contributed by atoms with Gasteiger partial charge in [0.05, 0.1) is 6.10 Å². The Kier molecular flexibility index (Phi) is 5.36. The molecule has 1 aromatic carbocycles. The molecule has 0 spiro atoms. The van der Waals surface area contributed by atoms with Crippen LogP contribution in [0.5, 0.6) is 0 Å². The molecule has 2 atom stereocenters. The molecular formula is C10H11BrCl2O2. The van der Waals surface area contributed by atoms with E-state index in [-0.39, 0.29) is 0 Å². The Hall–Kier alpha value is 0.200. The van der Waals surface area contributed by atoms with Gasteiger partial charge in [0, 0.05) is 15.4 Å². The van der Waals surface area contributed by atoms with Crippen LogP contribution in [-0.2, 0) is 0 Å². The summed E-state index contributed by atoms with van der Waals surface area (Å²) in [4.78, 5) is 0. The number of alkyl halides is 1. The summed E-state index contributed by atoms with van der Waals surface area (Å²) in [6.45, 7) is 0. The lowest BCUT2D eigenvalue weighted by molar-refractivity contribution is 0.0166. The summed E-state index contributed by atoms with van der Waals surface area (Å²) in [6, 6.07) is 5.01. The van der Waals surface area contributed by atoms with E-state index in [0.717, 1.165) is 0 Å². The minimum atomic E-state index is -0.949. The summed E-state index contributed by atoms with van der Waals surface area (Å²) in [5.41, 5.74) is 0.608. The van der Waals surface area contributed by atoms with E-state index >= 15 is 0 Å². The number of aliphatic hydroxyl groups excluding tert-OH is 2. The van der Waals surface area contributed by atoms with E-state index in [4.69, 9.17) is 23.2 Å². The highest BCUT2D eigenvalue weighted by Gasteiger charge is 2.19. The highest BCUT2D eigenvalue weighted by Crippen LogP contribution is 2.29. The third-order valence-corrected chi connectivity index (χ3v) is 3.19. The zero-order valence-corrected chi connectivity index (χ0v) is 10.9. The third-order valence-electron chi connectivity index (χ3n) is 2.05. The normalized spacial score (nSPS) is 15.0. The van der Waals surface area contributed by atoms with E-state index in [1.807, 2.05) is 0 Å². The second-order valence-electron chi connectivity index (χ2n) is 3.16. The molecule has 0 amide bonds. The molecule has 0 aliphatic heterocycles. The van der Waals surface area contributed by atoms with Gasteiger partial charge in [-0.15, -0.1) is 11.6 Å². The van der Waals surface area contributed by atoms with Crippen LogP contribution in [-0.4, -0.2) is 22.2 Å². The van der Waals surface area contributed by atoms with E-state index in [1.54, 1.807) is 18.2 Å². The quantitative estimate of drug-likeness (QED) is 0.838. The fourth-order valence-electron chi connectivity index (χ4n) is 1.22. The standard InChI is InChI=1S/C10H11BrCl2O2/c11-8-5-6(13)1-2-7(8)10(15)9(14)3-4-12/h1-2,5,9-10,14-15H,3-4H2. The van der Waals surface area contributed by atoms with Crippen molar-refractivity contribution in [3.05, 3.63) is 33.3 Å². The van der Waals surface area contributed by atoms with Gasteiger partial charge in [0.1, 0.15) is 6.10 Å². The smallest absolute Gasteiger partial charge is 0.106 e. The number of aliphatic hydroxyl groups is 2. The van der Waals surface area contributed by atoms with Crippen molar-refractivity contribution in [3.8, 4) is 0 Å². The zero-order valence-electron chi connectivity index (χ0n) is 7.83. The molecule has 84 valence electrons. The van der Waals surface area contributed by atoms with Crippen LogP contribution in [0.2, 0.25) is 5.02 Å². The molecule has 0 aromatic heterocycles. The van der Waals surface area contributed by atoms with Crippen LogP contribution >= 0.6 is 39.1 Å². The molecule has 0 heterocycles. The van der Waals surface area contributed by atoms with Crippen molar-refractivity contribution in [3.63, 3.8) is 0 Å². The van der Waals surface area contributed by atoms with Crippen molar-refractivity contribution < 1.29 is 10.2 Å². The highest BCUT2D eigenvalue weighted by atomic mass is 79.9. The lowest BCUT2D eigenvalue weighted by atomic mass is 10.0. The maximum atomic E-state index is 9.81. The first-order valence-corrected chi connectivity index (χ1v) is 6.14. The van der Waals surface area contributed by atoms with Gasteiger partial charge in [-0.2, -0.15) is 0 Å². The third kappa shape index (κ3) is 3.61. The number of hydrogen-bond donors (Lipinski definition) is 2. The van der Waals surface area contributed by atoms with Gasteiger partial charge >= 0.3 is 0 Å². The molecular weight excluding hydrogens is 303 g/mol. The molecule has 0 saturated carbocycles. The summed E-state index contributed by atoms with van der Waals surface area (Å²) in [6.07, 6.45) is -1.46. The van der Waals surface area contributed by atoms with E-state index < -0.39 is 12.2 Å². The Morgan fingerprint density at radius 3 is 2.53 bits per heavy atom. The molecule has 1 rings (SSSR count). The lowest BCUT2D eigenvalue weighted by Gasteiger charge is -2.18. The maximum absolute atomic E-state index is 9.81. The van der Waals surface area contributed by atoms with Crippen molar-refractivity contribution in [1.82, 2.24) is 0 Å². The molecule has 2 unspecified atom stereocenters. The minimum Gasteiger partial charge on any atom is -0.390 e. The van der Waals surface area contributed by atoms with Crippen molar-refractivity contribution >= 4 is 39.1 Å². The first-order valence-electron chi connectivity index (χ1n) is 4.43. The molecule has 0 fully saturated rings. The summed E-state index contributed by atoms with van der Waals surface area (Å²) in [5.74, 6) is 0.309. The average Bonchev–Trinajstić information content (AvgIpc) is 2.17.